The van der Waals surface area contributed by atoms with Gasteiger partial charge in [0.2, 0.25) is 5.91 Å². The minimum Gasteiger partial charge on any atom is -0.462 e. The molecule has 1 amide bonds. The van der Waals surface area contributed by atoms with Crippen LogP contribution in [-0.4, -0.2) is 48.9 Å². The van der Waals surface area contributed by atoms with Gasteiger partial charge in [-0.15, -0.1) is 0 Å². The molecule has 1 aliphatic carbocycles. The van der Waals surface area contributed by atoms with Crippen molar-refractivity contribution in [3.8, 4) is 0 Å². The van der Waals surface area contributed by atoms with Crippen LogP contribution in [0.2, 0.25) is 0 Å². The second-order valence-electron chi connectivity index (χ2n) is 12.8. The van der Waals surface area contributed by atoms with Gasteiger partial charge in [-0.05, 0) is 94.3 Å². The third-order valence-electron chi connectivity index (χ3n) is 9.39. The molecule has 7 nitrogen and oxygen atoms in total. The van der Waals surface area contributed by atoms with Crippen molar-refractivity contribution in [3.05, 3.63) is 107 Å². The molecule has 1 heterocycles. The van der Waals surface area contributed by atoms with Crippen LogP contribution < -0.4 is 16.4 Å². The van der Waals surface area contributed by atoms with Crippen LogP contribution in [0.5, 0.6) is 0 Å². The fourth-order valence-electron chi connectivity index (χ4n) is 7.29. The van der Waals surface area contributed by atoms with Crippen LogP contribution >= 0.6 is 0 Å². The first kappa shape index (κ1) is 31.6. The molecule has 0 bridgehead atoms. The number of esters is 1. The van der Waals surface area contributed by atoms with Crippen LogP contribution in [0.4, 0.5) is 0 Å². The number of benzene rings is 3. The number of nitrogens with one attached hydrogen (secondary N) is 2. The van der Waals surface area contributed by atoms with Gasteiger partial charge < -0.3 is 21.1 Å². The molecule has 1 spiro atoms. The Kier molecular flexibility index (Phi) is 9.66. The Bertz CT molecular complexity index is 1470. The number of fused-ring (bicyclic) bond motifs is 2. The molecule has 3 aromatic rings. The van der Waals surface area contributed by atoms with Crippen LogP contribution in [0.15, 0.2) is 78.9 Å². The molecule has 3 aromatic carbocycles. The standard InChI is InChI=1S/C37H45N3O4/c1-4-44-34(42)27-17-9-8-16-26(27)31-28-18-10-11-19-29(28)37(21-23-39-24-22-37)32(31)33(41)30(40-35(43)36(2,3)38)20-12-15-25-13-6-5-7-14-25/h5-11,13-14,16-19,30-32,39H,4,12,15,20-24,38H2,1-3H3,(H,40,43). The summed E-state index contributed by atoms with van der Waals surface area (Å²) >= 11 is 0. The number of carbonyl (C=O) groups excluding carboxylic acids is 3. The molecule has 3 atom stereocenters. The summed E-state index contributed by atoms with van der Waals surface area (Å²) in [6.07, 6.45) is 3.58. The summed E-state index contributed by atoms with van der Waals surface area (Å²) in [7, 11) is 0. The molecule has 0 aromatic heterocycles. The fraction of sp³-hybridized carbons (Fsp3) is 0.432. The van der Waals surface area contributed by atoms with E-state index in [-0.39, 0.29) is 24.2 Å². The quantitative estimate of drug-likeness (QED) is 0.267. The zero-order valence-corrected chi connectivity index (χ0v) is 26.1. The minimum atomic E-state index is -1.14. The zero-order valence-electron chi connectivity index (χ0n) is 26.1. The van der Waals surface area contributed by atoms with Crippen molar-refractivity contribution >= 4 is 17.7 Å². The van der Waals surface area contributed by atoms with E-state index in [9.17, 15) is 9.59 Å². The van der Waals surface area contributed by atoms with Crippen molar-refractivity contribution in [1.29, 1.82) is 0 Å². The van der Waals surface area contributed by atoms with Gasteiger partial charge >= 0.3 is 5.97 Å². The van der Waals surface area contributed by atoms with Crippen molar-refractivity contribution in [2.24, 2.45) is 11.7 Å². The molecule has 0 saturated carbocycles. The SMILES string of the molecule is CCOC(=O)c1ccccc1C1c2ccccc2C2(CCNCC2)C1C(=O)C(CCCc1ccccc1)NC(=O)C(C)(C)N. The molecule has 1 saturated heterocycles. The zero-order chi connectivity index (χ0) is 31.3. The molecule has 5 rings (SSSR count). The van der Waals surface area contributed by atoms with E-state index in [0.29, 0.717) is 12.0 Å². The number of Topliss-reactive ketones (excluding diaryl/α,β-unsaturated/α-hetero) is 1. The first-order valence-electron chi connectivity index (χ1n) is 15.9. The monoisotopic (exact) mass is 595 g/mol. The number of ether oxygens (including phenoxy) is 1. The maximum absolute atomic E-state index is 15.2. The van der Waals surface area contributed by atoms with Crippen molar-refractivity contribution in [2.45, 2.75) is 75.8 Å². The van der Waals surface area contributed by atoms with Crippen molar-refractivity contribution < 1.29 is 19.1 Å². The highest BCUT2D eigenvalue weighted by Gasteiger charge is 2.57. The van der Waals surface area contributed by atoms with Gasteiger partial charge in [-0.2, -0.15) is 0 Å². The summed E-state index contributed by atoms with van der Waals surface area (Å²) in [5.74, 6) is -1.60. The lowest BCUT2D eigenvalue weighted by molar-refractivity contribution is -0.134. The van der Waals surface area contributed by atoms with E-state index in [1.807, 2.05) is 48.5 Å². The Hall–Kier alpha value is -3.81. The smallest absolute Gasteiger partial charge is 0.338 e. The number of carbonyl (C=O) groups is 3. The predicted octanol–water partition coefficient (Wildman–Crippen LogP) is 5.06. The summed E-state index contributed by atoms with van der Waals surface area (Å²) in [5, 5.41) is 6.57. The van der Waals surface area contributed by atoms with E-state index in [2.05, 4.69) is 34.9 Å². The van der Waals surface area contributed by atoms with Gasteiger partial charge in [0, 0.05) is 17.3 Å². The Labute approximate surface area is 261 Å². The molecule has 0 radical (unpaired) electrons. The first-order chi connectivity index (χ1) is 21.2. The normalized spacial score (nSPS) is 19.6. The Morgan fingerprint density at radius 1 is 0.955 bits per heavy atom. The summed E-state index contributed by atoms with van der Waals surface area (Å²) in [4.78, 5) is 41.8. The van der Waals surface area contributed by atoms with Crippen molar-refractivity contribution in [3.63, 3.8) is 0 Å². The number of piperidine rings is 1. The fourth-order valence-corrected chi connectivity index (χ4v) is 7.29. The summed E-state index contributed by atoms with van der Waals surface area (Å²) in [6.45, 7) is 6.94. The lowest BCUT2D eigenvalue weighted by Gasteiger charge is -2.42. The van der Waals surface area contributed by atoms with Gasteiger partial charge in [0.15, 0.2) is 5.78 Å². The van der Waals surface area contributed by atoms with Gasteiger partial charge in [-0.1, -0.05) is 72.8 Å². The third kappa shape index (κ3) is 6.35. The molecule has 44 heavy (non-hydrogen) atoms. The average molecular weight is 596 g/mol. The number of amides is 1. The van der Waals surface area contributed by atoms with E-state index >= 15 is 4.79 Å². The van der Waals surface area contributed by atoms with Crippen LogP contribution in [0.25, 0.3) is 0 Å². The maximum atomic E-state index is 15.2. The van der Waals surface area contributed by atoms with Crippen LogP contribution in [0.3, 0.4) is 0 Å². The lowest BCUT2D eigenvalue weighted by Crippen LogP contribution is -2.57. The van der Waals surface area contributed by atoms with Gasteiger partial charge in [-0.3, -0.25) is 9.59 Å². The van der Waals surface area contributed by atoms with E-state index in [4.69, 9.17) is 10.5 Å². The molecule has 2 aliphatic rings. The molecule has 4 N–H and O–H groups in total. The van der Waals surface area contributed by atoms with Crippen molar-refractivity contribution in [2.75, 3.05) is 19.7 Å². The number of hydrogen-bond acceptors (Lipinski definition) is 6. The molecule has 232 valence electrons. The van der Waals surface area contributed by atoms with E-state index in [1.54, 1.807) is 26.8 Å². The Morgan fingerprint density at radius 3 is 2.27 bits per heavy atom. The highest BCUT2D eigenvalue weighted by atomic mass is 16.5. The summed E-state index contributed by atoms with van der Waals surface area (Å²) in [6, 6.07) is 25.3. The summed E-state index contributed by atoms with van der Waals surface area (Å²) < 4.78 is 5.48. The molecular formula is C37H45N3O4. The number of hydrogen-bond donors (Lipinski definition) is 3. The molecule has 7 heteroatoms. The average Bonchev–Trinajstić information content (AvgIpc) is 3.29. The number of nitrogens with two attached hydrogens (primary N) is 1. The van der Waals surface area contributed by atoms with Gasteiger partial charge in [0.25, 0.3) is 0 Å². The topological polar surface area (TPSA) is 111 Å². The molecule has 1 fully saturated rings. The van der Waals surface area contributed by atoms with Crippen LogP contribution in [0, 0.1) is 5.92 Å². The van der Waals surface area contributed by atoms with Crippen LogP contribution in [0.1, 0.15) is 85.0 Å². The minimum absolute atomic E-state index is 0.00239. The highest BCUT2D eigenvalue weighted by Crippen LogP contribution is 2.58. The second kappa shape index (κ2) is 13.4. The molecule has 3 unspecified atom stereocenters. The van der Waals surface area contributed by atoms with Crippen LogP contribution in [-0.2, 0) is 26.2 Å². The van der Waals surface area contributed by atoms with Gasteiger partial charge in [0.05, 0.1) is 23.8 Å². The number of aryl methyl sites for hydroxylation is 1. The Balaban J connectivity index is 1.61. The maximum Gasteiger partial charge on any atom is 0.338 e. The lowest BCUT2D eigenvalue weighted by atomic mass is 9.63. The van der Waals surface area contributed by atoms with E-state index < -0.39 is 28.9 Å². The number of ketones is 1. The molecule has 1 aliphatic heterocycles. The predicted molar refractivity (Wildman–Crippen MR) is 173 cm³/mol. The largest absolute Gasteiger partial charge is 0.462 e. The second-order valence-corrected chi connectivity index (χ2v) is 12.8. The van der Waals surface area contributed by atoms with Gasteiger partial charge in [0.1, 0.15) is 0 Å². The third-order valence-corrected chi connectivity index (χ3v) is 9.39. The highest BCUT2D eigenvalue weighted by molar-refractivity contribution is 5.97. The van der Waals surface area contributed by atoms with Crippen molar-refractivity contribution in [1.82, 2.24) is 10.6 Å². The van der Waals surface area contributed by atoms with Gasteiger partial charge in [-0.25, -0.2) is 4.79 Å². The summed E-state index contributed by atoms with van der Waals surface area (Å²) in [5.41, 5.74) is 9.33. The van der Waals surface area contributed by atoms with E-state index in [0.717, 1.165) is 55.5 Å². The number of rotatable bonds is 11. The molecular weight excluding hydrogens is 550 g/mol. The first-order valence-corrected chi connectivity index (χ1v) is 15.9. The Morgan fingerprint density at radius 2 is 1.59 bits per heavy atom. The van der Waals surface area contributed by atoms with E-state index in [1.165, 1.54) is 5.56 Å².